The average molecular weight is 885 g/mol. The van der Waals surface area contributed by atoms with Gasteiger partial charge in [-0.3, -0.25) is 18.6 Å². The van der Waals surface area contributed by atoms with Crippen LogP contribution >= 0.6 is 7.82 Å². The zero-order valence-electron chi connectivity index (χ0n) is 37.2. The molecule has 0 aromatic carbocycles. The van der Waals surface area contributed by atoms with Crippen molar-refractivity contribution in [1.29, 1.82) is 0 Å². The average Bonchev–Trinajstić information content (AvgIpc) is 3.24. The zero-order valence-corrected chi connectivity index (χ0v) is 38.1. The molecule has 1 rings (SSSR count). The van der Waals surface area contributed by atoms with Crippen LogP contribution in [-0.4, -0.2) is 98.3 Å². The van der Waals surface area contributed by atoms with Gasteiger partial charge in [0.1, 0.15) is 43.2 Å². The number of rotatable bonds is 37. The standard InChI is InChI=1S/C47H81O13P/c1-3-5-7-9-11-13-15-17-19-20-22-23-25-27-29-31-33-35-40(48)57-37-39(38-58-61(55,56)60-47-45(53)43(51)42(50)44(52)46(47)54)59-41(49)36-34-32-30-28-26-24-21-18-16-14-12-10-8-6-4-2/h6,8,10,12-16,18,21,39,42-47,50-54H,3-5,7,9,11,17,19-20,22-38H2,1-2H3,(H,55,56)/b8-6+,12-10+,15-13+,16-14+,21-18+/t39-,42?,43-,44?,45?,46?,47?/m0/s1. The van der Waals surface area contributed by atoms with Gasteiger partial charge in [0.2, 0.25) is 0 Å². The lowest BCUT2D eigenvalue weighted by Gasteiger charge is -2.41. The molecule has 8 atom stereocenters. The molecule has 0 heterocycles. The molecule has 0 saturated heterocycles. The molecule has 14 heteroatoms. The first-order chi connectivity index (χ1) is 29.4. The van der Waals surface area contributed by atoms with Crippen LogP contribution in [0.25, 0.3) is 0 Å². The van der Waals surface area contributed by atoms with Crippen molar-refractivity contribution >= 4 is 19.8 Å². The third-order valence-corrected chi connectivity index (χ3v) is 11.4. The minimum atomic E-state index is -5.13. The predicted octanol–water partition coefficient (Wildman–Crippen LogP) is 8.94. The Bertz CT molecular complexity index is 1300. The smallest absolute Gasteiger partial charge is 0.462 e. The third-order valence-electron chi connectivity index (χ3n) is 10.4. The molecule has 1 fully saturated rings. The topological polar surface area (TPSA) is 210 Å². The Balaban J connectivity index is 2.47. The van der Waals surface area contributed by atoms with E-state index in [0.29, 0.717) is 12.8 Å². The summed E-state index contributed by atoms with van der Waals surface area (Å²) in [4.78, 5) is 35.7. The van der Waals surface area contributed by atoms with E-state index in [-0.39, 0.29) is 12.8 Å². The highest BCUT2D eigenvalue weighted by molar-refractivity contribution is 7.47. The third kappa shape index (κ3) is 29.5. The summed E-state index contributed by atoms with van der Waals surface area (Å²) < 4.78 is 33.5. The van der Waals surface area contributed by atoms with Crippen LogP contribution in [0, 0.1) is 0 Å². The Hall–Kier alpha value is -2.45. The van der Waals surface area contributed by atoms with E-state index in [1.165, 1.54) is 57.8 Å². The van der Waals surface area contributed by atoms with E-state index in [1.807, 2.05) is 36.5 Å². The summed E-state index contributed by atoms with van der Waals surface area (Å²) in [6.07, 6.45) is 31.3. The molecule has 0 aromatic rings. The van der Waals surface area contributed by atoms with E-state index in [2.05, 4.69) is 38.2 Å². The first-order valence-corrected chi connectivity index (χ1v) is 24.6. The minimum Gasteiger partial charge on any atom is -0.462 e. The number of phosphoric ester groups is 1. The van der Waals surface area contributed by atoms with Crippen LogP contribution in [0.5, 0.6) is 0 Å². The van der Waals surface area contributed by atoms with Crippen LogP contribution < -0.4 is 0 Å². The summed E-state index contributed by atoms with van der Waals surface area (Å²) in [5, 5.41) is 50.1. The molecule has 0 amide bonds. The van der Waals surface area contributed by atoms with Crippen LogP contribution in [0.4, 0.5) is 0 Å². The van der Waals surface area contributed by atoms with Gasteiger partial charge in [-0.1, -0.05) is 158 Å². The minimum absolute atomic E-state index is 0.0680. The number of esters is 2. The van der Waals surface area contributed by atoms with Crippen LogP contribution in [0.3, 0.4) is 0 Å². The number of carbonyl (C=O) groups excluding carboxylic acids is 2. The summed E-state index contributed by atoms with van der Waals surface area (Å²) in [7, 11) is -5.13. The molecule has 1 saturated carbocycles. The second-order valence-corrected chi connectivity index (χ2v) is 17.4. The van der Waals surface area contributed by atoms with Gasteiger partial charge in [-0.2, -0.15) is 0 Å². The Labute approximate surface area is 366 Å². The summed E-state index contributed by atoms with van der Waals surface area (Å²) in [6, 6.07) is 0. The number of ether oxygens (including phenoxy) is 2. The second kappa shape index (κ2) is 37.0. The van der Waals surface area contributed by atoms with Gasteiger partial charge in [0.05, 0.1) is 6.61 Å². The number of aliphatic hydroxyl groups is 5. The molecule has 352 valence electrons. The number of allylic oxidation sites excluding steroid dienone is 10. The number of unbranched alkanes of at least 4 members (excludes halogenated alkanes) is 18. The Kier molecular flexibility index (Phi) is 34.3. The van der Waals surface area contributed by atoms with Gasteiger partial charge in [0, 0.05) is 12.8 Å². The Morgan fingerprint density at radius 1 is 0.525 bits per heavy atom. The number of hydrogen-bond donors (Lipinski definition) is 6. The molecule has 61 heavy (non-hydrogen) atoms. The van der Waals surface area contributed by atoms with Gasteiger partial charge in [-0.25, -0.2) is 4.57 Å². The van der Waals surface area contributed by atoms with Gasteiger partial charge in [0.15, 0.2) is 6.10 Å². The van der Waals surface area contributed by atoms with Crippen molar-refractivity contribution in [2.45, 2.75) is 211 Å². The molecule has 0 spiro atoms. The van der Waals surface area contributed by atoms with Crippen molar-refractivity contribution in [3.05, 3.63) is 60.8 Å². The van der Waals surface area contributed by atoms with Crippen molar-refractivity contribution in [3.8, 4) is 0 Å². The van der Waals surface area contributed by atoms with Crippen molar-refractivity contribution in [3.63, 3.8) is 0 Å². The van der Waals surface area contributed by atoms with E-state index >= 15 is 0 Å². The molecular formula is C47H81O13P. The largest absolute Gasteiger partial charge is 0.472 e. The number of phosphoric acid groups is 1. The highest BCUT2D eigenvalue weighted by atomic mass is 31.2. The van der Waals surface area contributed by atoms with Crippen molar-refractivity contribution < 1.29 is 63.1 Å². The lowest BCUT2D eigenvalue weighted by Crippen LogP contribution is -2.64. The van der Waals surface area contributed by atoms with E-state index in [4.69, 9.17) is 18.5 Å². The Morgan fingerprint density at radius 3 is 1.48 bits per heavy atom. The molecule has 1 aliphatic carbocycles. The van der Waals surface area contributed by atoms with E-state index in [1.54, 1.807) is 0 Å². The lowest BCUT2D eigenvalue weighted by atomic mass is 9.85. The maximum Gasteiger partial charge on any atom is 0.472 e. The lowest BCUT2D eigenvalue weighted by molar-refractivity contribution is -0.220. The summed E-state index contributed by atoms with van der Waals surface area (Å²) in [5.74, 6) is -1.13. The normalized spacial score (nSPS) is 22.6. The van der Waals surface area contributed by atoms with Crippen molar-refractivity contribution in [2.24, 2.45) is 0 Å². The molecule has 0 aromatic heterocycles. The maximum absolute atomic E-state index is 12.8. The molecule has 1 aliphatic rings. The number of carbonyl (C=O) groups is 2. The predicted molar refractivity (Wildman–Crippen MR) is 239 cm³/mol. The van der Waals surface area contributed by atoms with Gasteiger partial charge in [-0.05, 0) is 57.8 Å². The molecule has 6 N–H and O–H groups in total. The molecule has 13 nitrogen and oxygen atoms in total. The van der Waals surface area contributed by atoms with Gasteiger partial charge in [0.25, 0.3) is 0 Å². The number of hydrogen-bond acceptors (Lipinski definition) is 12. The van der Waals surface area contributed by atoms with Crippen LogP contribution in [0.2, 0.25) is 0 Å². The van der Waals surface area contributed by atoms with Gasteiger partial charge in [-0.15, -0.1) is 0 Å². The molecule has 0 aliphatic heterocycles. The number of aliphatic hydroxyl groups excluding tert-OH is 5. The maximum atomic E-state index is 12.8. The molecule has 0 radical (unpaired) electrons. The van der Waals surface area contributed by atoms with E-state index in [9.17, 15) is 44.6 Å². The zero-order chi connectivity index (χ0) is 45.0. The van der Waals surface area contributed by atoms with Crippen LogP contribution in [-0.2, 0) is 32.7 Å². The summed E-state index contributed by atoms with van der Waals surface area (Å²) in [6.45, 7) is 3.12. The van der Waals surface area contributed by atoms with Crippen LogP contribution in [0.1, 0.15) is 168 Å². The van der Waals surface area contributed by atoms with E-state index in [0.717, 1.165) is 70.6 Å². The summed E-state index contributed by atoms with van der Waals surface area (Å²) >= 11 is 0. The van der Waals surface area contributed by atoms with E-state index < -0.39 is 75.7 Å². The van der Waals surface area contributed by atoms with Gasteiger partial charge >= 0.3 is 19.8 Å². The fourth-order valence-electron chi connectivity index (χ4n) is 6.70. The van der Waals surface area contributed by atoms with Crippen molar-refractivity contribution in [2.75, 3.05) is 13.2 Å². The quantitative estimate of drug-likeness (QED) is 0.0113. The fourth-order valence-corrected chi connectivity index (χ4v) is 7.68. The highest BCUT2D eigenvalue weighted by Crippen LogP contribution is 2.47. The second-order valence-electron chi connectivity index (χ2n) is 16.0. The van der Waals surface area contributed by atoms with Crippen LogP contribution in [0.15, 0.2) is 60.8 Å². The first-order valence-electron chi connectivity index (χ1n) is 23.1. The summed E-state index contributed by atoms with van der Waals surface area (Å²) in [5.41, 5.74) is 0. The first kappa shape index (κ1) is 56.6. The fraction of sp³-hybridized carbons (Fsp3) is 0.745. The SMILES string of the molecule is CC/C=C/C=C/C=C/C=C/CCCCCCCC(=O)O[C@@H](COC(=O)CCCCCCCCCCC/C=C/CCCCCC)COP(=O)(O)OC1C(O)C(O)C(O)[C@H](O)C1O. The molecule has 0 bridgehead atoms. The van der Waals surface area contributed by atoms with Gasteiger partial charge < -0.3 is 39.9 Å². The Morgan fingerprint density at radius 2 is 0.951 bits per heavy atom. The highest BCUT2D eigenvalue weighted by Gasteiger charge is 2.51. The molecular weight excluding hydrogens is 803 g/mol. The van der Waals surface area contributed by atoms with Crippen molar-refractivity contribution in [1.82, 2.24) is 0 Å². The monoisotopic (exact) mass is 885 g/mol. The molecule has 6 unspecified atom stereocenters.